The number of carbonyl (C=O) groups is 1. The van der Waals surface area contributed by atoms with E-state index in [4.69, 9.17) is 19.2 Å². The van der Waals surface area contributed by atoms with Crippen molar-refractivity contribution in [2.24, 2.45) is 5.10 Å². The summed E-state index contributed by atoms with van der Waals surface area (Å²) >= 11 is 1.37. The Hall–Kier alpha value is -3.98. The lowest BCUT2D eigenvalue weighted by molar-refractivity contribution is -0.118. The number of imidazole rings is 1. The maximum atomic E-state index is 12.5. The molecular formula is C26H26N4O4S. The lowest BCUT2D eigenvalue weighted by Gasteiger charge is -2.12. The minimum atomic E-state index is -0.254. The normalized spacial score (nSPS) is 11.1. The van der Waals surface area contributed by atoms with Crippen LogP contribution in [0.1, 0.15) is 11.1 Å². The van der Waals surface area contributed by atoms with E-state index in [9.17, 15) is 4.79 Å². The highest BCUT2D eigenvalue weighted by Crippen LogP contribution is 2.32. The molecule has 0 saturated carbocycles. The quantitative estimate of drug-likeness (QED) is 0.202. The van der Waals surface area contributed by atoms with Gasteiger partial charge in [-0.1, -0.05) is 54.2 Å². The Labute approximate surface area is 207 Å². The average Bonchev–Trinajstić information content (AvgIpc) is 3.25. The van der Waals surface area contributed by atoms with Crippen LogP contribution in [0, 0.1) is 0 Å². The highest BCUT2D eigenvalue weighted by Gasteiger charge is 2.14. The van der Waals surface area contributed by atoms with Crippen LogP contribution in [-0.4, -0.2) is 48.8 Å². The molecule has 0 aliphatic heterocycles. The van der Waals surface area contributed by atoms with Crippen LogP contribution >= 0.6 is 11.8 Å². The first kappa shape index (κ1) is 24.2. The van der Waals surface area contributed by atoms with Crippen LogP contribution in [0.4, 0.5) is 0 Å². The number of nitrogens with one attached hydrogen (secondary N) is 1. The summed E-state index contributed by atoms with van der Waals surface area (Å²) in [6, 6.07) is 21.6. The van der Waals surface area contributed by atoms with Crippen molar-refractivity contribution in [2.75, 3.05) is 27.1 Å². The topological polar surface area (TPSA) is 87.0 Å². The lowest BCUT2D eigenvalue weighted by atomic mass is 10.2. The molecule has 0 aliphatic carbocycles. The third-order valence-corrected chi connectivity index (χ3v) is 6.25. The van der Waals surface area contributed by atoms with Crippen LogP contribution in [0.25, 0.3) is 11.0 Å². The summed E-state index contributed by atoms with van der Waals surface area (Å²) in [5.41, 5.74) is 6.23. The van der Waals surface area contributed by atoms with E-state index >= 15 is 0 Å². The van der Waals surface area contributed by atoms with Crippen molar-refractivity contribution in [3.05, 3.63) is 77.9 Å². The molecule has 0 fully saturated rings. The molecule has 0 bridgehead atoms. The number of carbonyl (C=O) groups excluding carboxylic acids is 1. The van der Waals surface area contributed by atoms with Crippen molar-refractivity contribution in [1.82, 2.24) is 15.0 Å². The van der Waals surface area contributed by atoms with Gasteiger partial charge in [0.1, 0.15) is 17.2 Å². The predicted octanol–water partition coefficient (Wildman–Crippen LogP) is 4.35. The fourth-order valence-corrected chi connectivity index (χ4v) is 4.38. The molecule has 1 aromatic heterocycles. The van der Waals surface area contributed by atoms with Gasteiger partial charge >= 0.3 is 0 Å². The van der Waals surface area contributed by atoms with E-state index in [1.54, 1.807) is 33.5 Å². The molecule has 9 heteroatoms. The van der Waals surface area contributed by atoms with Crippen molar-refractivity contribution in [2.45, 2.75) is 11.7 Å². The number of amides is 1. The highest BCUT2D eigenvalue weighted by atomic mass is 32.2. The van der Waals surface area contributed by atoms with Gasteiger partial charge in [-0.05, 0) is 17.7 Å². The molecule has 4 aromatic rings. The molecule has 180 valence electrons. The first-order valence-electron chi connectivity index (χ1n) is 10.9. The number of rotatable bonds is 10. The van der Waals surface area contributed by atoms with Gasteiger partial charge in [-0.2, -0.15) is 5.10 Å². The van der Waals surface area contributed by atoms with Gasteiger partial charge in [-0.15, -0.1) is 0 Å². The van der Waals surface area contributed by atoms with Crippen molar-refractivity contribution in [3.8, 4) is 17.2 Å². The number of thioether (sulfide) groups is 1. The van der Waals surface area contributed by atoms with Gasteiger partial charge < -0.3 is 18.8 Å². The zero-order valence-electron chi connectivity index (χ0n) is 19.7. The number of fused-ring (bicyclic) bond motifs is 1. The molecule has 0 spiro atoms. The van der Waals surface area contributed by atoms with Crippen LogP contribution in [-0.2, 0) is 11.3 Å². The van der Waals surface area contributed by atoms with Crippen molar-refractivity contribution >= 4 is 34.9 Å². The minimum absolute atomic E-state index is 0.159. The fourth-order valence-electron chi connectivity index (χ4n) is 3.57. The van der Waals surface area contributed by atoms with Crippen LogP contribution in [0.5, 0.6) is 17.2 Å². The van der Waals surface area contributed by atoms with E-state index in [0.717, 1.165) is 21.8 Å². The maximum absolute atomic E-state index is 12.5. The van der Waals surface area contributed by atoms with Crippen LogP contribution in [0.2, 0.25) is 0 Å². The zero-order chi connectivity index (χ0) is 24.6. The van der Waals surface area contributed by atoms with E-state index in [1.165, 1.54) is 18.0 Å². The largest absolute Gasteiger partial charge is 0.496 e. The number of hydrazone groups is 1. The molecule has 35 heavy (non-hydrogen) atoms. The molecule has 3 aromatic carbocycles. The molecule has 8 nitrogen and oxygen atoms in total. The predicted molar refractivity (Wildman–Crippen MR) is 138 cm³/mol. The van der Waals surface area contributed by atoms with Gasteiger partial charge in [0.25, 0.3) is 5.91 Å². The summed E-state index contributed by atoms with van der Waals surface area (Å²) in [6.45, 7) is 0.667. The number of benzene rings is 3. The number of ether oxygens (including phenoxy) is 3. The summed E-state index contributed by atoms with van der Waals surface area (Å²) < 4.78 is 18.2. The van der Waals surface area contributed by atoms with Gasteiger partial charge in [-0.3, -0.25) is 4.79 Å². The molecule has 0 aliphatic rings. The van der Waals surface area contributed by atoms with Gasteiger partial charge in [0.15, 0.2) is 5.16 Å². The summed E-state index contributed by atoms with van der Waals surface area (Å²) in [4.78, 5) is 17.3. The van der Waals surface area contributed by atoms with E-state index < -0.39 is 0 Å². The van der Waals surface area contributed by atoms with Crippen molar-refractivity contribution in [1.29, 1.82) is 0 Å². The smallest absolute Gasteiger partial charge is 0.250 e. The second kappa shape index (κ2) is 11.4. The first-order valence-corrected chi connectivity index (χ1v) is 11.9. The number of para-hydroxylation sites is 2. The summed E-state index contributed by atoms with van der Waals surface area (Å²) in [7, 11) is 4.65. The summed E-state index contributed by atoms with van der Waals surface area (Å²) in [5, 5.41) is 4.86. The van der Waals surface area contributed by atoms with Crippen LogP contribution in [0.3, 0.4) is 0 Å². The summed E-state index contributed by atoms with van der Waals surface area (Å²) in [5.74, 6) is 1.53. The van der Waals surface area contributed by atoms with E-state index in [2.05, 4.69) is 27.2 Å². The van der Waals surface area contributed by atoms with Gasteiger partial charge in [0.2, 0.25) is 0 Å². The van der Waals surface area contributed by atoms with Crippen molar-refractivity contribution in [3.63, 3.8) is 0 Å². The third kappa shape index (κ3) is 5.75. The average molecular weight is 491 g/mol. The highest BCUT2D eigenvalue weighted by molar-refractivity contribution is 7.99. The molecule has 0 atom stereocenters. The monoisotopic (exact) mass is 490 g/mol. The molecule has 1 N–H and O–H groups in total. The number of hydrogen-bond donors (Lipinski definition) is 1. The maximum Gasteiger partial charge on any atom is 0.250 e. The van der Waals surface area contributed by atoms with Gasteiger partial charge in [0, 0.05) is 12.1 Å². The number of methoxy groups -OCH3 is 3. The second-order valence-corrected chi connectivity index (χ2v) is 8.42. The Morgan fingerprint density at radius 1 is 1.00 bits per heavy atom. The Balaban J connectivity index is 1.46. The fraction of sp³-hybridized carbons (Fsp3) is 0.192. The Morgan fingerprint density at radius 2 is 1.69 bits per heavy atom. The second-order valence-electron chi connectivity index (χ2n) is 7.48. The minimum Gasteiger partial charge on any atom is -0.496 e. The molecule has 1 amide bonds. The van der Waals surface area contributed by atoms with Gasteiger partial charge in [0.05, 0.1) is 56.4 Å². The summed E-state index contributed by atoms with van der Waals surface area (Å²) in [6.07, 6.45) is 1.49. The zero-order valence-corrected chi connectivity index (χ0v) is 20.5. The molecular weight excluding hydrogens is 464 g/mol. The number of nitrogens with zero attached hydrogens (tertiary/aromatic N) is 3. The molecule has 1 heterocycles. The lowest BCUT2D eigenvalue weighted by Crippen LogP contribution is -2.20. The molecule has 4 rings (SSSR count). The van der Waals surface area contributed by atoms with E-state index in [-0.39, 0.29) is 11.7 Å². The molecule has 0 saturated heterocycles. The first-order chi connectivity index (χ1) is 17.1. The number of aromatic nitrogens is 2. The van der Waals surface area contributed by atoms with Crippen LogP contribution in [0.15, 0.2) is 77.0 Å². The Kier molecular flexibility index (Phi) is 7.89. The van der Waals surface area contributed by atoms with E-state index in [0.29, 0.717) is 29.4 Å². The standard InChI is InChI=1S/C26H26N4O4S/c1-32-19-13-23(33-2)20(24(14-19)34-3)15-27-29-25(31)17-35-26-28-21-11-7-8-12-22(21)30(26)16-18-9-5-4-6-10-18/h4-15H,16-17H2,1-3H3,(H,29,31)/b27-15+. The Morgan fingerprint density at radius 3 is 2.37 bits per heavy atom. The van der Waals surface area contributed by atoms with Crippen LogP contribution < -0.4 is 19.6 Å². The van der Waals surface area contributed by atoms with Gasteiger partial charge in [-0.25, -0.2) is 10.4 Å². The molecule has 0 radical (unpaired) electrons. The SMILES string of the molecule is COc1cc(OC)c(/C=N/NC(=O)CSc2nc3ccccc3n2Cc2ccccc2)c(OC)c1. The Bertz CT molecular complexity index is 1310. The van der Waals surface area contributed by atoms with E-state index in [1.807, 2.05) is 42.5 Å². The van der Waals surface area contributed by atoms with Crippen molar-refractivity contribution < 1.29 is 19.0 Å². The number of hydrogen-bond acceptors (Lipinski definition) is 7. The molecule has 0 unspecified atom stereocenters. The third-order valence-electron chi connectivity index (χ3n) is 5.27.